The molecule has 0 bridgehead atoms. The van der Waals surface area contributed by atoms with Gasteiger partial charge in [0.15, 0.2) is 0 Å². The van der Waals surface area contributed by atoms with Gasteiger partial charge in [0.05, 0.1) is 11.7 Å². The molecule has 1 aromatic rings. The van der Waals surface area contributed by atoms with Crippen LogP contribution in [0, 0.1) is 6.92 Å². The molecule has 0 aliphatic carbocycles. The summed E-state index contributed by atoms with van der Waals surface area (Å²) in [4.78, 5) is 2.32. The molecule has 0 fully saturated rings. The number of ether oxygens (including phenoxy) is 1. The van der Waals surface area contributed by atoms with Gasteiger partial charge in [0.25, 0.3) is 0 Å². The van der Waals surface area contributed by atoms with E-state index in [-0.39, 0.29) is 0 Å². The van der Waals surface area contributed by atoms with Crippen molar-refractivity contribution in [3.05, 3.63) is 23.8 Å². The molecule has 0 amide bonds. The minimum atomic E-state index is 0.401. The van der Waals surface area contributed by atoms with Gasteiger partial charge in [0.2, 0.25) is 0 Å². The zero-order chi connectivity index (χ0) is 10.8. The van der Waals surface area contributed by atoms with Gasteiger partial charge in [-0.2, -0.15) is 0 Å². The third-order valence-electron chi connectivity index (χ3n) is 2.76. The molecular weight excluding hydrogens is 210 g/mol. The Morgan fingerprint density at radius 1 is 1.53 bits per heavy atom. The predicted molar refractivity (Wildman–Crippen MR) is 64.2 cm³/mol. The molecule has 1 atom stereocenters. The van der Waals surface area contributed by atoms with Crippen molar-refractivity contribution in [3.63, 3.8) is 0 Å². The van der Waals surface area contributed by atoms with Crippen LogP contribution in [0.5, 0.6) is 5.75 Å². The molecule has 2 rings (SSSR count). The zero-order valence-electron chi connectivity index (χ0n) is 9.16. The van der Waals surface area contributed by atoms with Crippen molar-refractivity contribution < 1.29 is 4.74 Å². The average molecular weight is 226 g/mol. The molecular formula is C12H16ClNO. The number of hydrogen-bond donors (Lipinski definition) is 0. The average Bonchev–Trinajstić information content (AvgIpc) is 2.23. The fraction of sp³-hybridized carbons (Fsp3) is 0.500. The summed E-state index contributed by atoms with van der Waals surface area (Å²) in [5, 5.41) is 0. The van der Waals surface area contributed by atoms with Gasteiger partial charge in [-0.15, -0.1) is 11.6 Å². The predicted octanol–water partition coefficient (Wildman–Crippen LogP) is 2.82. The van der Waals surface area contributed by atoms with Crippen LogP contribution in [0.2, 0.25) is 0 Å². The molecule has 0 N–H and O–H groups in total. The van der Waals surface area contributed by atoms with E-state index in [2.05, 4.69) is 30.9 Å². The van der Waals surface area contributed by atoms with E-state index in [9.17, 15) is 0 Å². The van der Waals surface area contributed by atoms with Gasteiger partial charge in [0, 0.05) is 12.4 Å². The number of benzene rings is 1. The molecule has 1 unspecified atom stereocenters. The number of halogens is 1. The fourth-order valence-electron chi connectivity index (χ4n) is 1.94. The lowest BCUT2D eigenvalue weighted by atomic mass is 10.1. The van der Waals surface area contributed by atoms with E-state index in [4.69, 9.17) is 16.3 Å². The number of fused-ring (bicyclic) bond motifs is 1. The van der Waals surface area contributed by atoms with E-state index in [1.54, 1.807) is 0 Å². The van der Waals surface area contributed by atoms with Crippen LogP contribution in [0.4, 0.5) is 5.69 Å². The molecule has 0 saturated carbocycles. The van der Waals surface area contributed by atoms with Crippen molar-refractivity contribution in [1.82, 2.24) is 0 Å². The van der Waals surface area contributed by atoms with E-state index < -0.39 is 0 Å². The van der Waals surface area contributed by atoms with Gasteiger partial charge in [-0.25, -0.2) is 0 Å². The van der Waals surface area contributed by atoms with Crippen molar-refractivity contribution in [1.29, 1.82) is 0 Å². The first-order chi connectivity index (χ1) is 7.22. The SMILES string of the molecule is Cc1ccc2c(c1)N(CCCl)C(C)CO2. The highest BCUT2D eigenvalue weighted by Gasteiger charge is 2.23. The van der Waals surface area contributed by atoms with Crippen molar-refractivity contribution in [2.45, 2.75) is 19.9 Å². The summed E-state index contributed by atoms with van der Waals surface area (Å²) >= 11 is 5.82. The van der Waals surface area contributed by atoms with Crippen molar-refractivity contribution in [2.24, 2.45) is 0 Å². The summed E-state index contributed by atoms with van der Waals surface area (Å²) in [6.45, 7) is 5.88. The molecule has 0 saturated heterocycles. The standard InChI is InChI=1S/C12H16ClNO/c1-9-3-4-12-11(7-9)14(6-5-13)10(2)8-15-12/h3-4,7,10H,5-6,8H2,1-2H3. The Balaban J connectivity index is 2.36. The third-order valence-corrected chi connectivity index (χ3v) is 2.93. The topological polar surface area (TPSA) is 12.5 Å². The van der Waals surface area contributed by atoms with Gasteiger partial charge in [0.1, 0.15) is 12.4 Å². The summed E-state index contributed by atoms with van der Waals surface area (Å²) in [5.41, 5.74) is 2.43. The molecule has 0 spiro atoms. The quantitative estimate of drug-likeness (QED) is 0.718. The Morgan fingerprint density at radius 2 is 2.33 bits per heavy atom. The Labute approximate surface area is 95.8 Å². The maximum absolute atomic E-state index is 5.82. The van der Waals surface area contributed by atoms with Gasteiger partial charge in [-0.3, -0.25) is 0 Å². The Morgan fingerprint density at radius 3 is 3.07 bits per heavy atom. The van der Waals surface area contributed by atoms with Crippen LogP contribution in [0.15, 0.2) is 18.2 Å². The molecule has 1 aliphatic rings. The summed E-state index contributed by atoms with van der Waals surface area (Å²) in [7, 11) is 0. The largest absolute Gasteiger partial charge is 0.489 e. The highest BCUT2D eigenvalue weighted by atomic mass is 35.5. The molecule has 0 radical (unpaired) electrons. The Kier molecular flexibility index (Phi) is 3.06. The zero-order valence-corrected chi connectivity index (χ0v) is 9.92. The van der Waals surface area contributed by atoms with Crippen LogP contribution in [0.3, 0.4) is 0 Å². The first-order valence-electron chi connectivity index (χ1n) is 5.28. The lowest BCUT2D eigenvalue weighted by Crippen LogP contribution is -2.42. The monoisotopic (exact) mass is 225 g/mol. The van der Waals surface area contributed by atoms with Gasteiger partial charge >= 0.3 is 0 Å². The summed E-state index contributed by atoms with van der Waals surface area (Å²) in [6, 6.07) is 6.68. The highest BCUT2D eigenvalue weighted by molar-refractivity contribution is 6.18. The molecule has 0 aromatic heterocycles. The summed E-state index contributed by atoms with van der Waals surface area (Å²) < 4.78 is 5.68. The van der Waals surface area contributed by atoms with Crippen LogP contribution >= 0.6 is 11.6 Å². The first kappa shape index (κ1) is 10.6. The van der Waals surface area contributed by atoms with Crippen molar-refractivity contribution in [3.8, 4) is 5.75 Å². The molecule has 2 nitrogen and oxygen atoms in total. The summed E-state index contributed by atoms with van der Waals surface area (Å²) in [5.74, 6) is 1.63. The molecule has 3 heteroatoms. The fourth-order valence-corrected chi connectivity index (χ4v) is 2.13. The van der Waals surface area contributed by atoms with E-state index in [0.29, 0.717) is 11.9 Å². The van der Waals surface area contributed by atoms with Crippen molar-refractivity contribution in [2.75, 3.05) is 23.9 Å². The second kappa shape index (κ2) is 4.31. The Bertz CT molecular complexity index is 353. The number of rotatable bonds is 2. The minimum absolute atomic E-state index is 0.401. The second-order valence-electron chi connectivity index (χ2n) is 4.01. The van der Waals surface area contributed by atoms with Gasteiger partial charge < -0.3 is 9.64 Å². The minimum Gasteiger partial charge on any atom is -0.489 e. The lowest BCUT2D eigenvalue weighted by molar-refractivity contribution is 0.271. The smallest absolute Gasteiger partial charge is 0.142 e. The number of anilines is 1. The number of nitrogens with zero attached hydrogens (tertiary/aromatic N) is 1. The van der Waals surface area contributed by atoms with E-state index in [1.807, 2.05) is 6.07 Å². The van der Waals surface area contributed by atoms with Crippen LogP contribution < -0.4 is 9.64 Å². The van der Waals surface area contributed by atoms with Gasteiger partial charge in [-0.1, -0.05) is 6.07 Å². The molecule has 1 aliphatic heterocycles. The highest BCUT2D eigenvalue weighted by Crippen LogP contribution is 2.34. The van der Waals surface area contributed by atoms with Crippen LogP contribution in [0.25, 0.3) is 0 Å². The van der Waals surface area contributed by atoms with Gasteiger partial charge in [-0.05, 0) is 31.5 Å². The van der Waals surface area contributed by atoms with Crippen molar-refractivity contribution >= 4 is 17.3 Å². The maximum atomic E-state index is 5.82. The van der Waals surface area contributed by atoms with Crippen LogP contribution in [-0.2, 0) is 0 Å². The van der Waals surface area contributed by atoms with E-state index >= 15 is 0 Å². The first-order valence-corrected chi connectivity index (χ1v) is 5.82. The Hall–Kier alpha value is -0.890. The van der Waals surface area contributed by atoms with Crippen LogP contribution in [-0.4, -0.2) is 25.1 Å². The number of alkyl halides is 1. The van der Waals surface area contributed by atoms with E-state index in [1.165, 1.54) is 11.3 Å². The summed E-state index contributed by atoms with van der Waals surface area (Å²) in [6.07, 6.45) is 0. The normalized spacial score (nSPS) is 19.7. The molecule has 1 aromatic carbocycles. The number of hydrogen-bond acceptors (Lipinski definition) is 2. The molecule has 82 valence electrons. The lowest BCUT2D eigenvalue weighted by Gasteiger charge is -2.36. The third kappa shape index (κ3) is 2.05. The molecule has 1 heterocycles. The second-order valence-corrected chi connectivity index (χ2v) is 4.39. The van der Waals surface area contributed by atoms with Crippen LogP contribution in [0.1, 0.15) is 12.5 Å². The van der Waals surface area contributed by atoms with E-state index in [0.717, 1.165) is 18.9 Å². The molecule has 15 heavy (non-hydrogen) atoms. The number of aryl methyl sites for hydroxylation is 1. The maximum Gasteiger partial charge on any atom is 0.142 e.